The molecule has 1 saturated heterocycles. The third-order valence-corrected chi connectivity index (χ3v) is 8.19. The van der Waals surface area contributed by atoms with Gasteiger partial charge in [0.25, 0.3) is 0 Å². The number of hydrogen-bond donors (Lipinski definition) is 3. The van der Waals surface area contributed by atoms with Crippen molar-refractivity contribution >= 4 is 21.6 Å². The maximum Gasteiger partial charge on any atom is 0.240 e. The van der Waals surface area contributed by atoms with Gasteiger partial charge >= 0.3 is 0 Å². The first-order valence-electron chi connectivity index (χ1n) is 12.3. The lowest BCUT2D eigenvalue weighted by molar-refractivity contribution is 0.0530. The van der Waals surface area contributed by atoms with Crippen molar-refractivity contribution in [1.82, 2.24) is 9.62 Å². The van der Waals surface area contributed by atoms with E-state index in [1.807, 2.05) is 0 Å². The van der Waals surface area contributed by atoms with Crippen LogP contribution >= 0.6 is 11.6 Å². The number of hydrogen-bond acceptors (Lipinski definition) is 8. The Labute approximate surface area is 221 Å². The number of aliphatic hydroxyl groups is 1. The van der Waals surface area contributed by atoms with Gasteiger partial charge in [-0.15, -0.1) is 0 Å². The summed E-state index contributed by atoms with van der Waals surface area (Å²) in [7, 11) is -3.73. The molecule has 204 valence electrons. The van der Waals surface area contributed by atoms with Crippen LogP contribution in [0.25, 0.3) is 0 Å². The largest absolute Gasteiger partial charge is 0.484 e. The fraction of sp³-hybridized carbons (Fsp3) is 0.520. The average Bonchev–Trinajstić information content (AvgIpc) is 3.45. The Morgan fingerprint density at radius 2 is 1.86 bits per heavy atom. The van der Waals surface area contributed by atoms with Gasteiger partial charge in [-0.05, 0) is 54.8 Å². The van der Waals surface area contributed by atoms with Gasteiger partial charge < -0.3 is 25.1 Å². The van der Waals surface area contributed by atoms with Crippen LogP contribution in [0.3, 0.4) is 0 Å². The van der Waals surface area contributed by atoms with Gasteiger partial charge in [0.1, 0.15) is 17.7 Å². The Kier molecular flexibility index (Phi) is 9.76. The zero-order chi connectivity index (χ0) is 26.4. The third kappa shape index (κ3) is 7.18. The van der Waals surface area contributed by atoms with Crippen LogP contribution < -0.4 is 15.2 Å². The van der Waals surface area contributed by atoms with Gasteiger partial charge in [-0.1, -0.05) is 11.6 Å². The van der Waals surface area contributed by atoms with Crippen molar-refractivity contribution < 1.29 is 32.1 Å². The minimum Gasteiger partial charge on any atom is -0.484 e. The molecule has 2 aliphatic rings. The molecular weight excluding hydrogens is 525 g/mol. The van der Waals surface area contributed by atoms with Crippen LogP contribution in [-0.2, 0) is 25.9 Å². The summed E-state index contributed by atoms with van der Waals surface area (Å²) < 4.78 is 59.3. The van der Waals surface area contributed by atoms with Crippen LogP contribution in [0, 0.1) is 5.82 Å². The first-order valence-corrected chi connectivity index (χ1v) is 14.2. The van der Waals surface area contributed by atoms with E-state index in [2.05, 4.69) is 9.62 Å². The van der Waals surface area contributed by atoms with Crippen molar-refractivity contribution in [2.75, 3.05) is 52.6 Å². The summed E-state index contributed by atoms with van der Waals surface area (Å²) in [4.78, 5) is 2.20. The molecule has 0 saturated carbocycles. The summed E-state index contributed by atoms with van der Waals surface area (Å²) in [6.07, 6.45) is 0.146. The van der Waals surface area contributed by atoms with Crippen LogP contribution in [-0.4, -0.2) is 83.2 Å². The number of fused-ring (bicyclic) bond motifs is 1. The van der Waals surface area contributed by atoms with Crippen LogP contribution in [0.2, 0.25) is 5.02 Å². The Morgan fingerprint density at radius 1 is 1.14 bits per heavy atom. The molecule has 4 rings (SSSR count). The smallest absolute Gasteiger partial charge is 0.240 e. The summed E-state index contributed by atoms with van der Waals surface area (Å²) in [6, 6.07) is 8.91. The van der Waals surface area contributed by atoms with Gasteiger partial charge in [-0.25, -0.2) is 17.5 Å². The lowest BCUT2D eigenvalue weighted by Crippen LogP contribution is -2.39. The van der Waals surface area contributed by atoms with E-state index in [0.29, 0.717) is 69.2 Å². The molecule has 0 radical (unpaired) electrons. The van der Waals surface area contributed by atoms with Gasteiger partial charge in [0.05, 0.1) is 43.5 Å². The van der Waals surface area contributed by atoms with Crippen LogP contribution in [0.4, 0.5) is 4.39 Å². The molecule has 0 spiro atoms. The first kappa shape index (κ1) is 28.2. The van der Waals surface area contributed by atoms with Crippen LogP contribution in [0.5, 0.6) is 5.75 Å². The molecule has 1 aliphatic heterocycles. The highest BCUT2D eigenvalue weighted by molar-refractivity contribution is 7.89. The molecule has 1 heterocycles. The van der Waals surface area contributed by atoms with Gasteiger partial charge in [0.2, 0.25) is 10.0 Å². The Morgan fingerprint density at radius 3 is 2.54 bits per heavy atom. The maximum atomic E-state index is 14.7. The number of benzene rings is 2. The van der Waals surface area contributed by atoms with Gasteiger partial charge in [0.15, 0.2) is 0 Å². The second kappa shape index (κ2) is 12.8. The van der Waals surface area contributed by atoms with Crippen LogP contribution in [0.15, 0.2) is 41.3 Å². The molecule has 3 atom stereocenters. The predicted molar refractivity (Wildman–Crippen MR) is 137 cm³/mol. The van der Waals surface area contributed by atoms with E-state index in [1.165, 1.54) is 18.2 Å². The van der Waals surface area contributed by atoms with E-state index in [1.54, 1.807) is 18.2 Å². The van der Waals surface area contributed by atoms with Crippen molar-refractivity contribution in [2.24, 2.45) is 5.73 Å². The normalized spacial score (nSPS) is 21.9. The molecule has 0 amide bonds. The van der Waals surface area contributed by atoms with Crippen molar-refractivity contribution in [3.05, 3.63) is 58.4 Å². The number of nitrogens with one attached hydrogen (secondary N) is 1. The fourth-order valence-corrected chi connectivity index (χ4v) is 5.96. The molecule has 1 aliphatic carbocycles. The number of nitrogens with zero attached hydrogens (tertiary/aromatic N) is 1. The van der Waals surface area contributed by atoms with E-state index in [-0.39, 0.29) is 34.9 Å². The zero-order valence-electron chi connectivity index (χ0n) is 20.4. The summed E-state index contributed by atoms with van der Waals surface area (Å²) in [5.41, 5.74) is 6.55. The molecule has 0 aromatic heterocycles. The zero-order valence-corrected chi connectivity index (χ0v) is 22.0. The van der Waals surface area contributed by atoms with Gasteiger partial charge in [-0.2, -0.15) is 0 Å². The number of likely N-dealkylation sites (tertiary alicyclic amines) is 1. The lowest BCUT2D eigenvalue weighted by Gasteiger charge is -2.30. The molecule has 4 N–H and O–H groups in total. The van der Waals surface area contributed by atoms with E-state index in [0.717, 1.165) is 0 Å². The standard InChI is InChI=1S/C25H33ClFN3O6S/c26-17-13-22-21(23(27)14-17)15-24(30-8-5-18(31)16-30)25(22)36-19-1-3-20(4-2-19)37(32,33)29-7-10-35-12-11-34-9-6-28/h1-4,13-14,18,24-25,29,31H,5-12,15-16,28H2/t18-,24+,25+/m1/s1. The summed E-state index contributed by atoms with van der Waals surface area (Å²) in [5.74, 6) is 0.0701. The molecule has 2 aromatic carbocycles. The third-order valence-electron chi connectivity index (χ3n) is 6.50. The maximum absolute atomic E-state index is 14.7. The number of aliphatic hydroxyl groups excluding tert-OH is 1. The van der Waals surface area contributed by atoms with Gasteiger partial charge in [0, 0.05) is 36.8 Å². The quantitative estimate of drug-likeness (QED) is 0.319. The van der Waals surface area contributed by atoms with E-state index >= 15 is 0 Å². The highest BCUT2D eigenvalue weighted by Gasteiger charge is 2.42. The number of ether oxygens (including phenoxy) is 3. The van der Waals surface area contributed by atoms with Crippen molar-refractivity contribution in [2.45, 2.75) is 36.0 Å². The number of nitrogens with two attached hydrogens (primary N) is 1. The fourth-order valence-electron chi connectivity index (χ4n) is 4.73. The summed E-state index contributed by atoms with van der Waals surface area (Å²) >= 11 is 6.15. The Balaban J connectivity index is 1.39. The first-order chi connectivity index (χ1) is 17.8. The van der Waals surface area contributed by atoms with Crippen LogP contribution in [0.1, 0.15) is 23.7 Å². The Hall–Kier alpha value is -1.83. The molecule has 37 heavy (non-hydrogen) atoms. The predicted octanol–water partition coefficient (Wildman–Crippen LogP) is 1.86. The second-order valence-electron chi connectivity index (χ2n) is 9.09. The minimum absolute atomic E-state index is 0.0891. The molecule has 12 heteroatoms. The molecule has 9 nitrogen and oxygen atoms in total. The molecular formula is C25H33ClFN3O6S. The minimum atomic E-state index is -3.73. The van der Waals surface area contributed by atoms with E-state index < -0.39 is 22.2 Å². The van der Waals surface area contributed by atoms with E-state index in [9.17, 15) is 17.9 Å². The highest BCUT2D eigenvalue weighted by atomic mass is 35.5. The van der Waals surface area contributed by atoms with E-state index in [4.69, 9.17) is 31.5 Å². The molecule has 0 bridgehead atoms. The van der Waals surface area contributed by atoms with Crippen molar-refractivity contribution in [3.8, 4) is 5.75 Å². The summed E-state index contributed by atoms with van der Waals surface area (Å²) in [6.45, 7) is 3.14. The SMILES string of the molecule is NCCOCCOCCNS(=O)(=O)c1ccc(O[C@H]2c3cc(Cl)cc(F)c3C[C@@H]2N2CC[C@@H](O)C2)cc1. The monoisotopic (exact) mass is 557 g/mol. The number of rotatable bonds is 13. The molecule has 1 fully saturated rings. The topological polar surface area (TPSA) is 123 Å². The highest BCUT2D eigenvalue weighted by Crippen LogP contribution is 2.41. The van der Waals surface area contributed by atoms with Crippen molar-refractivity contribution in [3.63, 3.8) is 0 Å². The summed E-state index contributed by atoms with van der Waals surface area (Å²) in [5, 5.41) is 10.3. The number of sulfonamides is 1. The second-order valence-corrected chi connectivity index (χ2v) is 11.3. The van der Waals surface area contributed by atoms with Gasteiger partial charge in [-0.3, -0.25) is 4.90 Å². The molecule has 0 unspecified atom stereocenters. The lowest BCUT2D eigenvalue weighted by atomic mass is 10.1. The number of halogens is 2. The number of β-amino-alcohol motifs (C(OH)–C–C–N with tert-alkyl or cyclic N) is 1. The van der Waals surface area contributed by atoms with Crippen molar-refractivity contribution in [1.29, 1.82) is 0 Å². The molecule has 2 aromatic rings. The Bertz CT molecular complexity index is 1150. The average molecular weight is 558 g/mol.